The third kappa shape index (κ3) is 5.32. The van der Waals surface area contributed by atoms with Crippen LogP contribution in [0.4, 0.5) is 0 Å². The van der Waals surface area contributed by atoms with E-state index in [0.29, 0.717) is 12.1 Å². The molecule has 164 valence electrons. The lowest BCUT2D eigenvalue weighted by molar-refractivity contribution is -0.120. The fourth-order valence-corrected chi connectivity index (χ4v) is 4.96. The average molecular weight is 414 g/mol. The zero-order valence-electron chi connectivity index (χ0n) is 18.1. The molecule has 1 aliphatic carbocycles. The highest BCUT2D eigenvalue weighted by Gasteiger charge is 2.41. The van der Waals surface area contributed by atoms with Crippen molar-refractivity contribution in [3.63, 3.8) is 0 Å². The molecule has 2 unspecified atom stereocenters. The molecule has 1 amide bonds. The highest BCUT2D eigenvalue weighted by molar-refractivity contribution is 5.86. The Kier molecular flexibility index (Phi) is 7.23. The van der Waals surface area contributed by atoms with Gasteiger partial charge in [0, 0.05) is 39.3 Å². The highest BCUT2D eigenvalue weighted by Crippen LogP contribution is 2.24. The number of guanidine groups is 1. The number of nitrogens with one attached hydrogen (secondary N) is 2. The first kappa shape index (κ1) is 21.1. The fourth-order valence-electron chi connectivity index (χ4n) is 4.96. The van der Waals surface area contributed by atoms with Crippen LogP contribution < -0.4 is 10.6 Å². The van der Waals surface area contributed by atoms with Crippen LogP contribution in [0.25, 0.3) is 0 Å². The zero-order valence-corrected chi connectivity index (χ0v) is 18.1. The van der Waals surface area contributed by atoms with Crippen molar-refractivity contribution in [1.29, 1.82) is 0 Å². The molecular weight excluding hydrogens is 378 g/mol. The number of benzene rings is 1. The number of carbonyl (C=O) groups is 1. The smallest absolute Gasteiger partial charge is 0.239 e. The summed E-state index contributed by atoms with van der Waals surface area (Å²) in [5.41, 5.74) is 1.33. The van der Waals surface area contributed by atoms with Gasteiger partial charge in [0.2, 0.25) is 5.91 Å². The number of rotatable bonds is 5. The number of morpholine rings is 1. The van der Waals surface area contributed by atoms with Gasteiger partial charge in [-0.2, -0.15) is 0 Å². The van der Waals surface area contributed by atoms with Gasteiger partial charge in [-0.3, -0.25) is 14.7 Å². The molecule has 2 aliphatic heterocycles. The average Bonchev–Trinajstić information content (AvgIpc) is 3.21. The molecule has 1 aromatic rings. The first-order chi connectivity index (χ1) is 14.7. The van der Waals surface area contributed by atoms with E-state index in [1.54, 1.807) is 7.05 Å². The van der Waals surface area contributed by atoms with Crippen molar-refractivity contribution in [2.24, 2.45) is 4.99 Å². The van der Waals surface area contributed by atoms with Crippen molar-refractivity contribution >= 4 is 11.9 Å². The van der Waals surface area contributed by atoms with Crippen LogP contribution in [0.15, 0.2) is 35.3 Å². The molecule has 4 rings (SSSR count). The van der Waals surface area contributed by atoms with Crippen molar-refractivity contribution in [3.8, 4) is 0 Å². The maximum absolute atomic E-state index is 12.4. The summed E-state index contributed by atoms with van der Waals surface area (Å²) in [7, 11) is 1.78. The lowest BCUT2D eigenvalue weighted by Gasteiger charge is -2.36. The Hall–Kier alpha value is -2.12. The van der Waals surface area contributed by atoms with Crippen LogP contribution in [0.2, 0.25) is 0 Å². The van der Waals surface area contributed by atoms with Crippen molar-refractivity contribution in [2.75, 3.05) is 39.8 Å². The summed E-state index contributed by atoms with van der Waals surface area (Å²) < 4.78 is 6.08. The molecular formula is C23H35N5O2. The van der Waals surface area contributed by atoms with Gasteiger partial charge in [0.15, 0.2) is 5.96 Å². The Morgan fingerprint density at radius 1 is 1.17 bits per heavy atom. The van der Waals surface area contributed by atoms with E-state index in [0.717, 1.165) is 51.6 Å². The number of likely N-dealkylation sites (tertiary alicyclic amines) is 1. The van der Waals surface area contributed by atoms with Gasteiger partial charge in [0.05, 0.1) is 25.3 Å². The van der Waals surface area contributed by atoms with Gasteiger partial charge < -0.3 is 20.3 Å². The lowest BCUT2D eigenvalue weighted by Crippen LogP contribution is -2.50. The number of hydrogen-bond donors (Lipinski definition) is 2. The van der Waals surface area contributed by atoms with Crippen LogP contribution in [0.1, 0.15) is 37.7 Å². The van der Waals surface area contributed by atoms with Crippen LogP contribution >= 0.6 is 0 Å². The van der Waals surface area contributed by atoms with E-state index in [9.17, 15) is 4.79 Å². The van der Waals surface area contributed by atoms with Crippen LogP contribution in [-0.4, -0.2) is 79.7 Å². The number of amides is 1. The number of carbonyl (C=O) groups excluding carboxylic acids is 1. The SMILES string of the molecule is CN=C(NCC(=O)NC1CCCCC1)N1CC2OCCN(Cc3ccccc3)C2C1. The third-order valence-corrected chi connectivity index (χ3v) is 6.53. The van der Waals surface area contributed by atoms with Gasteiger partial charge in [0.1, 0.15) is 0 Å². The monoisotopic (exact) mass is 413 g/mol. The van der Waals surface area contributed by atoms with E-state index in [4.69, 9.17) is 4.74 Å². The van der Waals surface area contributed by atoms with Gasteiger partial charge in [-0.25, -0.2) is 0 Å². The van der Waals surface area contributed by atoms with E-state index < -0.39 is 0 Å². The van der Waals surface area contributed by atoms with E-state index >= 15 is 0 Å². The van der Waals surface area contributed by atoms with Gasteiger partial charge in [-0.05, 0) is 18.4 Å². The molecule has 2 atom stereocenters. The van der Waals surface area contributed by atoms with Crippen molar-refractivity contribution in [1.82, 2.24) is 20.4 Å². The first-order valence-electron chi connectivity index (χ1n) is 11.4. The molecule has 1 aromatic carbocycles. The van der Waals surface area contributed by atoms with E-state index in [1.807, 2.05) is 0 Å². The summed E-state index contributed by atoms with van der Waals surface area (Å²) in [6, 6.07) is 11.3. The van der Waals surface area contributed by atoms with Crippen molar-refractivity contribution in [2.45, 2.75) is 56.8 Å². The standard InChI is InChI=1S/C23H35N5O2/c1-24-23(25-14-22(29)26-19-10-6-3-7-11-19)28-16-20-21(17-28)30-13-12-27(20)15-18-8-4-2-5-9-18/h2,4-5,8-9,19-21H,3,6-7,10-17H2,1H3,(H,24,25)(H,26,29). The molecule has 3 fully saturated rings. The van der Waals surface area contributed by atoms with Gasteiger partial charge in [-0.1, -0.05) is 49.6 Å². The first-order valence-corrected chi connectivity index (χ1v) is 11.4. The van der Waals surface area contributed by atoms with E-state index in [-0.39, 0.29) is 18.6 Å². The molecule has 1 saturated carbocycles. The molecule has 0 spiro atoms. The molecule has 30 heavy (non-hydrogen) atoms. The second-order valence-electron chi connectivity index (χ2n) is 8.64. The van der Waals surface area contributed by atoms with Crippen LogP contribution in [0, 0.1) is 0 Å². The number of ether oxygens (including phenoxy) is 1. The molecule has 0 radical (unpaired) electrons. The molecule has 2 N–H and O–H groups in total. The molecule has 2 heterocycles. The third-order valence-electron chi connectivity index (χ3n) is 6.53. The minimum absolute atomic E-state index is 0.0571. The normalized spacial score (nSPS) is 25.8. The van der Waals surface area contributed by atoms with Crippen molar-refractivity contribution in [3.05, 3.63) is 35.9 Å². The van der Waals surface area contributed by atoms with Crippen molar-refractivity contribution < 1.29 is 9.53 Å². The maximum atomic E-state index is 12.4. The fraction of sp³-hybridized carbons (Fsp3) is 0.652. The molecule has 7 heteroatoms. The highest BCUT2D eigenvalue weighted by atomic mass is 16.5. The number of aliphatic imine (C=N–C) groups is 1. The van der Waals surface area contributed by atoms with Crippen LogP contribution in [0.3, 0.4) is 0 Å². The summed E-state index contributed by atoms with van der Waals surface area (Å²) in [6.07, 6.45) is 6.11. The molecule has 2 saturated heterocycles. The Labute approximate surface area is 179 Å². The van der Waals surface area contributed by atoms with E-state index in [1.165, 1.54) is 24.8 Å². The second-order valence-corrected chi connectivity index (χ2v) is 8.64. The zero-order chi connectivity index (χ0) is 20.8. The predicted molar refractivity (Wildman–Crippen MR) is 118 cm³/mol. The molecule has 3 aliphatic rings. The minimum Gasteiger partial charge on any atom is -0.373 e. The molecule has 7 nitrogen and oxygen atoms in total. The van der Waals surface area contributed by atoms with Gasteiger partial charge in [0.25, 0.3) is 0 Å². The number of fused-ring (bicyclic) bond motifs is 1. The Balaban J connectivity index is 1.29. The van der Waals surface area contributed by atoms with E-state index in [2.05, 4.69) is 55.8 Å². The topological polar surface area (TPSA) is 69.2 Å². The molecule has 0 aromatic heterocycles. The Morgan fingerprint density at radius 3 is 2.73 bits per heavy atom. The second kappa shape index (κ2) is 10.3. The van der Waals surface area contributed by atoms with Crippen LogP contribution in [-0.2, 0) is 16.1 Å². The predicted octanol–water partition coefficient (Wildman–Crippen LogP) is 1.60. The lowest BCUT2D eigenvalue weighted by atomic mass is 9.95. The van der Waals surface area contributed by atoms with Gasteiger partial charge in [-0.15, -0.1) is 0 Å². The Morgan fingerprint density at radius 2 is 1.97 bits per heavy atom. The number of hydrogen-bond acceptors (Lipinski definition) is 4. The van der Waals surface area contributed by atoms with Crippen LogP contribution in [0.5, 0.6) is 0 Å². The Bertz CT molecular complexity index is 720. The summed E-state index contributed by atoms with van der Waals surface area (Å²) in [4.78, 5) is 21.6. The largest absolute Gasteiger partial charge is 0.373 e. The summed E-state index contributed by atoms with van der Waals surface area (Å²) in [5.74, 6) is 0.841. The summed E-state index contributed by atoms with van der Waals surface area (Å²) >= 11 is 0. The number of nitrogens with zero attached hydrogens (tertiary/aromatic N) is 3. The van der Waals surface area contributed by atoms with Gasteiger partial charge >= 0.3 is 0 Å². The summed E-state index contributed by atoms with van der Waals surface area (Å²) in [6.45, 7) is 4.58. The molecule has 0 bridgehead atoms. The summed E-state index contributed by atoms with van der Waals surface area (Å²) in [5, 5.41) is 6.43. The quantitative estimate of drug-likeness (QED) is 0.567. The minimum atomic E-state index is 0.0571. The maximum Gasteiger partial charge on any atom is 0.239 e.